The Balaban J connectivity index is 0. The van der Waals surface area contributed by atoms with E-state index in [1.165, 1.54) is 70.6 Å². The van der Waals surface area contributed by atoms with Crippen LogP contribution in [-0.2, 0) is 0 Å². The van der Waals surface area contributed by atoms with Gasteiger partial charge in [0.2, 0.25) is 0 Å². The van der Waals surface area contributed by atoms with Gasteiger partial charge in [0.1, 0.15) is 0 Å². The second-order valence-corrected chi connectivity index (χ2v) is 5.14. The van der Waals surface area contributed by atoms with E-state index in [-0.39, 0.29) is 29.6 Å². The normalized spacial score (nSPS) is 12.2. The van der Waals surface area contributed by atoms with Gasteiger partial charge in [-0.15, -0.1) is 0 Å². The number of unbranched alkanes of at least 4 members (excludes halogenated alkanes) is 9. The molecule has 0 bridgehead atoms. The van der Waals surface area contributed by atoms with Gasteiger partial charge in [-0.05, 0) is 12.8 Å². The topological polar surface area (TPSA) is 26.0 Å². The third kappa shape index (κ3) is 17.0. The monoisotopic (exact) mass is 251 g/mol. The van der Waals surface area contributed by atoms with Crippen LogP contribution in [0.15, 0.2) is 0 Å². The van der Waals surface area contributed by atoms with Gasteiger partial charge in [0, 0.05) is 6.04 Å². The van der Waals surface area contributed by atoms with Crippen LogP contribution in [0.1, 0.15) is 90.9 Å². The molecule has 2 N–H and O–H groups in total. The zero-order chi connectivity index (χ0) is 12.1. The quantitative estimate of drug-likeness (QED) is 0.404. The minimum absolute atomic E-state index is 0. The van der Waals surface area contributed by atoms with Crippen LogP contribution < -0.4 is 5.73 Å². The van der Waals surface area contributed by atoms with Crippen molar-refractivity contribution < 1.29 is 0 Å². The molecule has 17 heavy (non-hydrogen) atoms. The van der Waals surface area contributed by atoms with E-state index in [1.807, 2.05) is 0 Å². The van der Waals surface area contributed by atoms with E-state index in [1.54, 1.807) is 0 Å². The first-order chi connectivity index (χ1) is 7.81. The first-order valence-electron chi connectivity index (χ1n) is 7.56. The summed E-state index contributed by atoms with van der Waals surface area (Å²) in [4.78, 5) is 0. The Morgan fingerprint density at radius 1 is 0.706 bits per heavy atom. The zero-order valence-corrected chi connectivity index (χ0v) is 11.6. The Hall–Kier alpha value is 0.960. The Bertz CT molecular complexity index is 128. The molecule has 100 valence electrons. The molecule has 1 unspecified atom stereocenters. The van der Waals surface area contributed by atoms with Crippen LogP contribution in [0.4, 0.5) is 0 Å². The van der Waals surface area contributed by atoms with Gasteiger partial charge in [0.05, 0.1) is 0 Å². The summed E-state index contributed by atoms with van der Waals surface area (Å²) in [5, 5.41) is 0. The zero-order valence-electron chi connectivity index (χ0n) is 11.6. The summed E-state index contributed by atoms with van der Waals surface area (Å²) >= 11 is 0. The molecule has 0 aromatic heterocycles. The van der Waals surface area contributed by atoms with Gasteiger partial charge in [0.15, 0.2) is 0 Å². The summed E-state index contributed by atoms with van der Waals surface area (Å²) in [5.74, 6) is 0. The van der Waals surface area contributed by atoms with Crippen LogP contribution in [0.3, 0.4) is 0 Å². The van der Waals surface area contributed by atoms with Crippen molar-refractivity contribution >= 4 is 29.6 Å². The van der Waals surface area contributed by atoms with E-state index in [0.717, 1.165) is 6.42 Å². The van der Waals surface area contributed by atoms with Crippen LogP contribution in [0.5, 0.6) is 0 Å². The molecule has 0 saturated heterocycles. The van der Waals surface area contributed by atoms with E-state index in [2.05, 4.69) is 13.8 Å². The molecule has 1 atom stereocenters. The molecule has 0 aliphatic carbocycles. The van der Waals surface area contributed by atoms with Crippen molar-refractivity contribution in [2.24, 2.45) is 5.73 Å². The molecule has 0 saturated carbocycles. The molecule has 2 heteroatoms. The number of hydrogen-bond acceptors (Lipinski definition) is 1. The fourth-order valence-electron chi connectivity index (χ4n) is 2.10. The Morgan fingerprint density at radius 2 is 1.12 bits per heavy atom. The van der Waals surface area contributed by atoms with Crippen LogP contribution >= 0.6 is 0 Å². The van der Waals surface area contributed by atoms with Crippen molar-refractivity contribution in [1.29, 1.82) is 0 Å². The van der Waals surface area contributed by atoms with E-state index in [0.29, 0.717) is 6.04 Å². The average molecular weight is 251 g/mol. The third-order valence-electron chi connectivity index (χ3n) is 3.45. The molecule has 0 amide bonds. The molecule has 0 aromatic rings. The summed E-state index contributed by atoms with van der Waals surface area (Å²) in [6.45, 7) is 4.46. The molecule has 0 rings (SSSR count). The van der Waals surface area contributed by atoms with Gasteiger partial charge in [-0.1, -0.05) is 78.1 Å². The van der Waals surface area contributed by atoms with Crippen LogP contribution in [-0.4, -0.2) is 35.6 Å². The molecular weight excluding hydrogens is 217 g/mol. The molecule has 0 aromatic carbocycles. The SMILES string of the molecule is CCCCCCCCCCCCC(N)CC.[NaH]. The number of hydrogen-bond donors (Lipinski definition) is 1. The summed E-state index contributed by atoms with van der Waals surface area (Å²) in [6.07, 6.45) is 16.5. The van der Waals surface area contributed by atoms with Crippen molar-refractivity contribution in [3.05, 3.63) is 0 Å². The number of nitrogens with two attached hydrogens (primary N) is 1. The van der Waals surface area contributed by atoms with Gasteiger partial charge >= 0.3 is 29.6 Å². The summed E-state index contributed by atoms with van der Waals surface area (Å²) < 4.78 is 0. The van der Waals surface area contributed by atoms with Gasteiger partial charge in [-0.3, -0.25) is 0 Å². The molecular formula is C15H34NNa. The fourth-order valence-corrected chi connectivity index (χ4v) is 2.10. The van der Waals surface area contributed by atoms with Crippen molar-refractivity contribution in [3.63, 3.8) is 0 Å². The van der Waals surface area contributed by atoms with Crippen LogP contribution in [0.2, 0.25) is 0 Å². The Kier molecular flexibility index (Phi) is 20.2. The van der Waals surface area contributed by atoms with E-state index in [9.17, 15) is 0 Å². The average Bonchev–Trinajstić information content (AvgIpc) is 2.31. The molecule has 0 radical (unpaired) electrons. The first kappa shape index (κ1) is 20.3. The van der Waals surface area contributed by atoms with Gasteiger partial charge in [-0.25, -0.2) is 0 Å². The van der Waals surface area contributed by atoms with Gasteiger partial charge < -0.3 is 5.73 Å². The predicted molar refractivity (Wildman–Crippen MR) is 81.9 cm³/mol. The minimum atomic E-state index is 0. The van der Waals surface area contributed by atoms with Gasteiger partial charge in [0.25, 0.3) is 0 Å². The molecule has 0 aliphatic heterocycles. The molecule has 0 heterocycles. The van der Waals surface area contributed by atoms with Gasteiger partial charge in [-0.2, -0.15) is 0 Å². The van der Waals surface area contributed by atoms with Crippen molar-refractivity contribution in [2.45, 2.75) is 96.9 Å². The summed E-state index contributed by atoms with van der Waals surface area (Å²) in [5.41, 5.74) is 5.88. The van der Waals surface area contributed by atoms with Crippen LogP contribution in [0, 0.1) is 0 Å². The van der Waals surface area contributed by atoms with Crippen molar-refractivity contribution in [3.8, 4) is 0 Å². The van der Waals surface area contributed by atoms with Crippen molar-refractivity contribution in [2.75, 3.05) is 0 Å². The standard InChI is InChI=1S/C15H33N.Na.H/c1-3-5-6-7-8-9-10-11-12-13-14-15(16)4-2;;/h15H,3-14,16H2,1-2H3;;. The van der Waals surface area contributed by atoms with E-state index >= 15 is 0 Å². The summed E-state index contributed by atoms with van der Waals surface area (Å²) in [6, 6.07) is 0.453. The second kappa shape index (κ2) is 17.0. The molecule has 1 nitrogen and oxygen atoms in total. The van der Waals surface area contributed by atoms with E-state index < -0.39 is 0 Å². The third-order valence-corrected chi connectivity index (χ3v) is 3.45. The maximum absolute atomic E-state index is 5.88. The Morgan fingerprint density at radius 3 is 1.53 bits per heavy atom. The maximum atomic E-state index is 5.88. The first-order valence-corrected chi connectivity index (χ1v) is 7.56. The fraction of sp³-hybridized carbons (Fsp3) is 1.00. The Labute approximate surface area is 132 Å². The van der Waals surface area contributed by atoms with Crippen LogP contribution in [0.25, 0.3) is 0 Å². The second-order valence-electron chi connectivity index (χ2n) is 5.14. The summed E-state index contributed by atoms with van der Waals surface area (Å²) in [7, 11) is 0. The number of rotatable bonds is 12. The van der Waals surface area contributed by atoms with E-state index in [4.69, 9.17) is 5.73 Å². The molecule has 0 spiro atoms. The molecule has 0 fully saturated rings. The van der Waals surface area contributed by atoms with Crippen molar-refractivity contribution in [1.82, 2.24) is 0 Å². The molecule has 0 aliphatic rings. The predicted octanol–water partition coefficient (Wildman–Crippen LogP) is 4.39.